The molecule has 0 aromatic heterocycles. The molecule has 0 aliphatic carbocycles. The summed E-state index contributed by atoms with van der Waals surface area (Å²) in [6, 6.07) is 80.1. The first-order valence-electron chi connectivity index (χ1n) is 22.3. The molecule has 0 amide bonds. The van der Waals surface area contributed by atoms with Crippen molar-refractivity contribution in [1.29, 1.82) is 0 Å². The molecule has 0 spiro atoms. The van der Waals surface area contributed by atoms with E-state index in [9.17, 15) is 0 Å². The van der Waals surface area contributed by atoms with Gasteiger partial charge in [-0.15, -0.1) is 0 Å². The van der Waals surface area contributed by atoms with Gasteiger partial charge in [-0.2, -0.15) is 4.57 Å². The smallest absolute Gasteiger partial charge is 0.386 e. The molecular weight excluding hydrogens is 816 g/mol. The predicted molar refractivity (Wildman–Crippen MR) is 264 cm³/mol. The number of hydrogen-bond donors (Lipinski definition) is 0. The molecular formula is C60H51O4P. The summed E-state index contributed by atoms with van der Waals surface area (Å²) in [7, 11) is -4.59. The highest BCUT2D eigenvalue weighted by atomic mass is 31.2. The molecule has 4 nitrogen and oxygen atoms in total. The van der Waals surface area contributed by atoms with Crippen LogP contribution in [0.1, 0.15) is 66.8 Å². The maximum atomic E-state index is 16.3. The quantitative estimate of drug-likeness (QED) is 0.0806. The third-order valence-electron chi connectivity index (χ3n) is 11.7. The molecule has 0 heterocycles. The van der Waals surface area contributed by atoms with Gasteiger partial charge in [0.05, 0.1) is 0 Å². The van der Waals surface area contributed by atoms with Crippen LogP contribution in [-0.4, -0.2) is 0 Å². The number of benzene rings is 9. The van der Waals surface area contributed by atoms with Crippen LogP contribution in [0.25, 0.3) is 0 Å². The van der Waals surface area contributed by atoms with Crippen molar-refractivity contribution in [3.8, 4) is 17.2 Å². The van der Waals surface area contributed by atoms with Gasteiger partial charge in [-0.3, -0.25) is 0 Å². The lowest BCUT2D eigenvalue weighted by Crippen LogP contribution is -2.13. The second kappa shape index (κ2) is 20.9. The van der Waals surface area contributed by atoms with Crippen LogP contribution in [0, 0.1) is 0 Å². The van der Waals surface area contributed by atoms with Crippen molar-refractivity contribution < 1.29 is 18.1 Å². The van der Waals surface area contributed by atoms with Crippen molar-refractivity contribution in [3.63, 3.8) is 0 Å². The Bertz CT molecular complexity index is 2640. The molecule has 0 unspecified atom stereocenters. The Morgan fingerprint density at radius 2 is 0.462 bits per heavy atom. The van der Waals surface area contributed by atoms with Gasteiger partial charge in [0.25, 0.3) is 0 Å². The fraction of sp³-hybridized carbons (Fsp3) is 0.100. The zero-order valence-electron chi connectivity index (χ0n) is 36.3. The van der Waals surface area contributed by atoms with E-state index in [2.05, 4.69) is 127 Å². The van der Waals surface area contributed by atoms with Crippen molar-refractivity contribution in [2.45, 2.75) is 38.5 Å². The van der Waals surface area contributed by atoms with Gasteiger partial charge in [0, 0.05) is 36.0 Å². The SMILES string of the molecule is O=P(Oc1cccc(Cc2ccccc2)c1Cc1ccccc1)(Oc1cccc(Cc2ccccc2)c1Cc1ccccc1)Oc1cccc(Cc2ccccc2)c1Cc1ccccc1. The first-order valence-corrected chi connectivity index (χ1v) is 23.7. The van der Waals surface area contributed by atoms with Crippen molar-refractivity contribution in [1.82, 2.24) is 0 Å². The predicted octanol–water partition coefficient (Wildman–Crippen LogP) is 14.9. The highest BCUT2D eigenvalue weighted by Crippen LogP contribution is 2.53. The second-order valence-electron chi connectivity index (χ2n) is 16.4. The topological polar surface area (TPSA) is 44.8 Å². The van der Waals surface area contributed by atoms with Crippen molar-refractivity contribution >= 4 is 7.82 Å². The Morgan fingerprint density at radius 3 is 0.692 bits per heavy atom. The van der Waals surface area contributed by atoms with E-state index in [1.165, 1.54) is 0 Å². The molecule has 65 heavy (non-hydrogen) atoms. The summed E-state index contributed by atoms with van der Waals surface area (Å²) in [5.41, 5.74) is 12.7. The van der Waals surface area contributed by atoms with Gasteiger partial charge in [0.15, 0.2) is 0 Å². The van der Waals surface area contributed by atoms with E-state index < -0.39 is 7.82 Å². The summed E-state index contributed by atoms with van der Waals surface area (Å²) < 4.78 is 37.1. The molecule has 5 heteroatoms. The largest absolute Gasteiger partial charge is 0.647 e. The maximum absolute atomic E-state index is 16.3. The van der Waals surface area contributed by atoms with Crippen molar-refractivity contribution in [3.05, 3.63) is 303 Å². The van der Waals surface area contributed by atoms with Crippen LogP contribution >= 0.6 is 7.82 Å². The number of phosphoric ester groups is 1. The molecule has 0 aliphatic heterocycles. The number of rotatable bonds is 18. The molecule has 0 radical (unpaired) electrons. The Kier molecular flexibility index (Phi) is 13.8. The normalized spacial score (nSPS) is 11.2. The van der Waals surface area contributed by atoms with Gasteiger partial charge in [-0.1, -0.05) is 218 Å². The lowest BCUT2D eigenvalue weighted by molar-refractivity contribution is 0.295. The summed E-state index contributed by atoms with van der Waals surface area (Å²) >= 11 is 0. The van der Waals surface area contributed by atoms with Crippen LogP contribution in [0.4, 0.5) is 0 Å². The van der Waals surface area contributed by atoms with Gasteiger partial charge >= 0.3 is 7.82 Å². The Balaban J connectivity index is 1.19. The molecule has 0 fully saturated rings. The van der Waals surface area contributed by atoms with Crippen molar-refractivity contribution in [2.75, 3.05) is 0 Å². The summed E-state index contributed by atoms with van der Waals surface area (Å²) in [5.74, 6) is 1.34. The minimum absolute atomic E-state index is 0.445. The first-order chi connectivity index (χ1) is 32.0. The zero-order valence-corrected chi connectivity index (χ0v) is 37.2. The van der Waals surface area contributed by atoms with E-state index in [1.54, 1.807) is 0 Å². The fourth-order valence-electron chi connectivity index (χ4n) is 8.45. The number of phosphoric acid groups is 1. The van der Waals surface area contributed by atoms with Crippen molar-refractivity contribution in [2.24, 2.45) is 0 Å². The summed E-state index contributed by atoms with van der Waals surface area (Å²) in [6.45, 7) is 0. The lowest BCUT2D eigenvalue weighted by atomic mass is 9.94. The van der Waals surface area contributed by atoms with Crippen LogP contribution in [0.5, 0.6) is 17.2 Å². The average Bonchev–Trinajstić information content (AvgIpc) is 3.34. The van der Waals surface area contributed by atoms with E-state index >= 15 is 4.57 Å². The summed E-state index contributed by atoms with van der Waals surface area (Å²) in [5, 5.41) is 0. The Hall–Kier alpha value is -7.39. The summed E-state index contributed by atoms with van der Waals surface area (Å²) in [4.78, 5) is 0. The monoisotopic (exact) mass is 866 g/mol. The highest BCUT2D eigenvalue weighted by molar-refractivity contribution is 7.49. The Labute approximate surface area is 383 Å². The van der Waals surface area contributed by atoms with Crippen LogP contribution in [-0.2, 0) is 43.1 Å². The van der Waals surface area contributed by atoms with E-state index in [4.69, 9.17) is 13.6 Å². The molecule has 0 saturated carbocycles. The lowest BCUT2D eigenvalue weighted by Gasteiger charge is -2.25. The highest BCUT2D eigenvalue weighted by Gasteiger charge is 2.37. The van der Waals surface area contributed by atoms with Crippen LogP contribution in [0.3, 0.4) is 0 Å². The van der Waals surface area contributed by atoms with E-state index in [0.29, 0.717) is 55.8 Å². The standard InChI is InChI=1S/C60H51O4P/c61-65(62-58-37-19-34-52(40-46-22-7-1-8-23-46)55(58)43-49-28-13-4-14-29-49,63-59-38-20-35-53(41-47-24-9-2-10-25-47)56(59)44-50-30-15-5-16-31-50)64-60-39-21-36-54(42-48-26-11-3-12-27-48)57(60)45-51-32-17-6-18-33-51/h1-39H,40-45H2. The van der Waals surface area contributed by atoms with Gasteiger partial charge < -0.3 is 13.6 Å². The minimum atomic E-state index is -4.59. The van der Waals surface area contributed by atoms with Gasteiger partial charge in [0.2, 0.25) is 0 Å². The van der Waals surface area contributed by atoms with E-state index in [-0.39, 0.29) is 0 Å². The second-order valence-corrected chi connectivity index (χ2v) is 17.8. The molecule has 0 saturated heterocycles. The van der Waals surface area contributed by atoms with Gasteiger partial charge in [-0.25, -0.2) is 0 Å². The number of hydrogen-bond acceptors (Lipinski definition) is 4. The maximum Gasteiger partial charge on any atom is 0.647 e. The van der Waals surface area contributed by atoms with Crippen LogP contribution < -0.4 is 13.6 Å². The Morgan fingerprint density at radius 1 is 0.246 bits per heavy atom. The molecule has 0 aliphatic rings. The third-order valence-corrected chi connectivity index (χ3v) is 13.0. The molecule has 9 aromatic rings. The van der Waals surface area contributed by atoms with E-state index in [1.807, 2.05) is 109 Å². The average molecular weight is 867 g/mol. The van der Waals surface area contributed by atoms with Crippen LogP contribution in [0.2, 0.25) is 0 Å². The zero-order chi connectivity index (χ0) is 44.1. The third kappa shape index (κ3) is 11.4. The molecule has 320 valence electrons. The first kappa shape index (κ1) is 42.9. The molecule has 0 bridgehead atoms. The summed E-state index contributed by atoms with van der Waals surface area (Å²) in [6.07, 6.45) is 3.65. The fourth-order valence-corrected chi connectivity index (χ4v) is 9.80. The minimum Gasteiger partial charge on any atom is -0.386 e. The molecule has 9 rings (SSSR count). The van der Waals surface area contributed by atoms with E-state index in [0.717, 1.165) is 66.8 Å². The van der Waals surface area contributed by atoms with Crippen LogP contribution in [0.15, 0.2) is 237 Å². The van der Waals surface area contributed by atoms with Gasteiger partial charge in [0.1, 0.15) is 17.2 Å². The molecule has 9 aromatic carbocycles. The van der Waals surface area contributed by atoms with Gasteiger partial charge in [-0.05, 0) is 87.5 Å². The molecule has 0 N–H and O–H groups in total. The molecule has 0 atom stereocenters.